The molecular formula is C27H22N6O4. The number of fused-ring (bicyclic) bond motifs is 1. The van der Waals surface area contributed by atoms with Gasteiger partial charge in [0.15, 0.2) is 5.65 Å². The Morgan fingerprint density at radius 3 is 2.38 bits per heavy atom. The summed E-state index contributed by atoms with van der Waals surface area (Å²) in [5.41, 5.74) is 1.75. The van der Waals surface area contributed by atoms with Crippen LogP contribution in [-0.2, 0) is 17.8 Å². The Morgan fingerprint density at radius 2 is 1.65 bits per heavy atom. The van der Waals surface area contributed by atoms with Crippen molar-refractivity contribution in [3.8, 4) is 5.69 Å². The van der Waals surface area contributed by atoms with E-state index < -0.39 is 10.5 Å². The molecule has 10 heteroatoms. The van der Waals surface area contributed by atoms with Crippen LogP contribution in [0.1, 0.15) is 17.2 Å². The largest absolute Gasteiger partial charge is 0.347 e. The predicted octanol–water partition coefficient (Wildman–Crippen LogP) is 3.59. The van der Waals surface area contributed by atoms with Crippen LogP contribution in [0.2, 0.25) is 0 Å². The van der Waals surface area contributed by atoms with E-state index in [0.717, 1.165) is 11.1 Å². The number of hydrogen-bond donors (Lipinski definition) is 1. The molecule has 0 saturated heterocycles. The average molecular weight is 495 g/mol. The second-order valence-corrected chi connectivity index (χ2v) is 8.44. The van der Waals surface area contributed by atoms with E-state index in [1.165, 1.54) is 33.9 Å². The number of carbonyl (C=O) groups excluding carboxylic acids is 1. The molecule has 5 aromatic rings. The minimum atomic E-state index is -0.521. The van der Waals surface area contributed by atoms with E-state index in [9.17, 15) is 19.7 Å². The van der Waals surface area contributed by atoms with Crippen molar-refractivity contribution in [2.24, 2.45) is 0 Å². The van der Waals surface area contributed by atoms with Crippen molar-refractivity contribution in [1.82, 2.24) is 24.6 Å². The van der Waals surface area contributed by atoms with Crippen LogP contribution >= 0.6 is 0 Å². The quantitative estimate of drug-likeness (QED) is 0.260. The van der Waals surface area contributed by atoms with Gasteiger partial charge in [0.25, 0.3) is 11.2 Å². The fourth-order valence-electron chi connectivity index (χ4n) is 4.22. The number of nitro groups is 1. The summed E-state index contributed by atoms with van der Waals surface area (Å²) >= 11 is 0. The molecule has 2 aromatic heterocycles. The Morgan fingerprint density at radius 1 is 0.973 bits per heavy atom. The third-order valence-electron chi connectivity index (χ3n) is 5.99. The highest BCUT2D eigenvalue weighted by Crippen LogP contribution is 2.24. The van der Waals surface area contributed by atoms with Crippen LogP contribution in [0.25, 0.3) is 16.7 Å². The lowest BCUT2D eigenvalue weighted by Gasteiger charge is -2.20. The molecule has 2 heterocycles. The van der Waals surface area contributed by atoms with Gasteiger partial charge >= 0.3 is 0 Å². The minimum absolute atomic E-state index is 0.150. The normalized spacial score (nSPS) is 11.8. The molecule has 0 spiro atoms. The lowest BCUT2D eigenvalue weighted by atomic mass is 9.99. The van der Waals surface area contributed by atoms with Crippen LogP contribution in [0.15, 0.2) is 102 Å². The summed E-state index contributed by atoms with van der Waals surface area (Å²) in [6, 6.07) is 25.3. The molecule has 0 radical (unpaired) electrons. The summed E-state index contributed by atoms with van der Waals surface area (Å²) in [6.45, 7) is -0.240. The van der Waals surface area contributed by atoms with Crippen molar-refractivity contribution < 1.29 is 9.72 Å². The van der Waals surface area contributed by atoms with E-state index in [4.69, 9.17) is 0 Å². The summed E-state index contributed by atoms with van der Waals surface area (Å²) in [4.78, 5) is 41.4. The molecule has 1 N–H and O–H groups in total. The number of hydrogen-bond acceptors (Lipinski definition) is 6. The Kier molecular flexibility index (Phi) is 6.54. The zero-order valence-corrected chi connectivity index (χ0v) is 19.6. The minimum Gasteiger partial charge on any atom is -0.347 e. The molecule has 0 aliphatic heterocycles. The number of para-hydroxylation sites is 2. The molecule has 37 heavy (non-hydrogen) atoms. The molecule has 0 fully saturated rings. The van der Waals surface area contributed by atoms with E-state index in [1.807, 2.05) is 60.7 Å². The topological polar surface area (TPSA) is 125 Å². The zero-order chi connectivity index (χ0) is 25.8. The lowest BCUT2D eigenvalue weighted by molar-refractivity contribution is -0.384. The Hall–Kier alpha value is -5.12. The molecule has 184 valence electrons. The summed E-state index contributed by atoms with van der Waals surface area (Å²) in [5.74, 6) is -0.348. The maximum atomic E-state index is 13.1. The number of amides is 1. The highest BCUT2D eigenvalue weighted by molar-refractivity contribution is 5.78. The maximum Gasteiger partial charge on any atom is 0.294 e. The van der Waals surface area contributed by atoms with Crippen LogP contribution in [0.5, 0.6) is 0 Å². The number of nitro benzene ring substituents is 1. The average Bonchev–Trinajstić information content (AvgIpc) is 3.36. The lowest BCUT2D eigenvalue weighted by Crippen LogP contribution is -2.35. The Bertz CT molecular complexity index is 1630. The highest BCUT2D eigenvalue weighted by atomic mass is 16.6. The highest BCUT2D eigenvalue weighted by Gasteiger charge is 2.20. The summed E-state index contributed by atoms with van der Waals surface area (Å²) in [7, 11) is 0. The standard InChI is InChI=1S/C27H22N6O4/c34-25(30-22(20-11-5-2-6-12-20)15-19-9-3-1-4-10-19)17-31-18-28-26-21(27(31)35)16-29-32(26)23-13-7-8-14-24(23)33(36)37/h1-14,16,18,22H,15,17H2,(H,30,34). The van der Waals surface area contributed by atoms with E-state index in [-0.39, 0.29) is 40.9 Å². The van der Waals surface area contributed by atoms with Gasteiger partial charge in [-0.2, -0.15) is 5.10 Å². The molecule has 0 aliphatic carbocycles. The number of carbonyl (C=O) groups is 1. The maximum absolute atomic E-state index is 13.1. The zero-order valence-electron chi connectivity index (χ0n) is 19.6. The Labute approximate surface area is 211 Å². The number of benzene rings is 3. The van der Waals surface area contributed by atoms with Gasteiger partial charge in [0, 0.05) is 6.07 Å². The first-order chi connectivity index (χ1) is 18.0. The number of aromatic nitrogens is 4. The van der Waals surface area contributed by atoms with Crippen molar-refractivity contribution in [3.05, 3.63) is 129 Å². The van der Waals surface area contributed by atoms with Gasteiger partial charge in [-0.05, 0) is 23.6 Å². The number of nitrogens with zero attached hydrogens (tertiary/aromatic N) is 5. The molecule has 1 unspecified atom stereocenters. The molecular weight excluding hydrogens is 472 g/mol. The smallest absolute Gasteiger partial charge is 0.294 e. The fraction of sp³-hybridized carbons (Fsp3) is 0.111. The SMILES string of the molecule is O=C(Cn1cnc2c(cnn2-c2ccccc2[N+](=O)[O-])c1=O)NC(Cc1ccccc1)c1ccccc1. The van der Waals surface area contributed by atoms with E-state index in [0.29, 0.717) is 6.42 Å². The molecule has 0 bridgehead atoms. The van der Waals surface area contributed by atoms with Crippen LogP contribution in [-0.4, -0.2) is 30.2 Å². The third-order valence-corrected chi connectivity index (χ3v) is 5.99. The van der Waals surface area contributed by atoms with E-state index in [1.54, 1.807) is 12.1 Å². The summed E-state index contributed by atoms with van der Waals surface area (Å²) < 4.78 is 2.46. The molecule has 0 aliphatic rings. The number of rotatable bonds is 8. The molecule has 1 atom stereocenters. The molecule has 1 amide bonds. The van der Waals surface area contributed by atoms with Gasteiger partial charge in [-0.3, -0.25) is 24.3 Å². The van der Waals surface area contributed by atoms with Gasteiger partial charge < -0.3 is 5.32 Å². The first kappa shape index (κ1) is 23.6. The van der Waals surface area contributed by atoms with Crippen LogP contribution in [0, 0.1) is 10.1 Å². The van der Waals surface area contributed by atoms with Crippen molar-refractivity contribution in [2.45, 2.75) is 19.0 Å². The molecule has 0 saturated carbocycles. The Balaban J connectivity index is 1.40. The first-order valence-electron chi connectivity index (χ1n) is 11.6. The molecule has 5 rings (SSSR count). The van der Waals surface area contributed by atoms with Crippen LogP contribution in [0.4, 0.5) is 5.69 Å². The first-order valence-corrected chi connectivity index (χ1v) is 11.6. The van der Waals surface area contributed by atoms with Crippen molar-refractivity contribution in [2.75, 3.05) is 0 Å². The predicted molar refractivity (Wildman–Crippen MR) is 137 cm³/mol. The van der Waals surface area contributed by atoms with Crippen LogP contribution < -0.4 is 10.9 Å². The summed E-state index contributed by atoms with van der Waals surface area (Å²) in [6.07, 6.45) is 3.15. The monoisotopic (exact) mass is 494 g/mol. The summed E-state index contributed by atoms with van der Waals surface area (Å²) in [5, 5.41) is 18.8. The van der Waals surface area contributed by atoms with Gasteiger partial charge in [0.1, 0.15) is 23.9 Å². The van der Waals surface area contributed by atoms with Gasteiger partial charge in [0.2, 0.25) is 5.91 Å². The van der Waals surface area contributed by atoms with E-state index in [2.05, 4.69) is 15.4 Å². The fourth-order valence-corrected chi connectivity index (χ4v) is 4.22. The van der Waals surface area contributed by atoms with Crippen molar-refractivity contribution in [3.63, 3.8) is 0 Å². The molecule has 3 aromatic carbocycles. The van der Waals surface area contributed by atoms with Crippen LogP contribution in [0.3, 0.4) is 0 Å². The van der Waals surface area contributed by atoms with Gasteiger partial charge in [0.05, 0.1) is 17.2 Å². The van der Waals surface area contributed by atoms with Gasteiger partial charge in [-0.25, -0.2) is 9.67 Å². The third kappa shape index (κ3) is 4.98. The van der Waals surface area contributed by atoms with Gasteiger partial charge in [-0.1, -0.05) is 72.8 Å². The second-order valence-electron chi connectivity index (χ2n) is 8.44. The van der Waals surface area contributed by atoms with Crippen molar-refractivity contribution in [1.29, 1.82) is 0 Å². The van der Waals surface area contributed by atoms with E-state index >= 15 is 0 Å². The molecule has 10 nitrogen and oxygen atoms in total. The van der Waals surface area contributed by atoms with Crippen molar-refractivity contribution >= 4 is 22.6 Å². The second kappa shape index (κ2) is 10.2. The van der Waals surface area contributed by atoms with Gasteiger partial charge in [-0.15, -0.1) is 0 Å². The number of nitrogens with one attached hydrogen (secondary N) is 1.